The quantitative estimate of drug-likeness (QED) is 0.458. The third-order valence-corrected chi connectivity index (χ3v) is 5.73. The number of amides is 1. The minimum atomic E-state index is -0.359. The van der Waals surface area contributed by atoms with Crippen molar-refractivity contribution in [2.75, 3.05) is 19.4 Å². The van der Waals surface area contributed by atoms with Crippen LogP contribution in [0.3, 0.4) is 0 Å². The van der Waals surface area contributed by atoms with E-state index in [1.807, 2.05) is 20.8 Å². The SMILES string of the molecule is CCOC(=O)C[C@H]1CN(C(=O)OC(C)C)N(C(C)C)[C@@H]1Cc1ccc(SC)cc1. The lowest BCUT2D eigenvalue weighted by atomic mass is 9.91. The average Bonchev–Trinajstić information content (AvgIpc) is 3.00. The van der Waals surface area contributed by atoms with Crippen LogP contribution in [0.15, 0.2) is 29.2 Å². The van der Waals surface area contributed by atoms with Crippen molar-refractivity contribution in [2.24, 2.45) is 5.92 Å². The molecule has 0 spiro atoms. The number of ether oxygens (including phenoxy) is 2. The highest BCUT2D eigenvalue weighted by Gasteiger charge is 2.45. The summed E-state index contributed by atoms with van der Waals surface area (Å²) in [6.07, 6.45) is 2.54. The number of benzene rings is 1. The van der Waals surface area contributed by atoms with Gasteiger partial charge in [-0.2, -0.15) is 0 Å². The van der Waals surface area contributed by atoms with Gasteiger partial charge >= 0.3 is 12.1 Å². The fourth-order valence-electron chi connectivity index (χ4n) is 3.82. The number of carbonyl (C=O) groups is 2. The van der Waals surface area contributed by atoms with Gasteiger partial charge in [-0.25, -0.2) is 14.8 Å². The number of thioether (sulfide) groups is 1. The highest BCUT2D eigenvalue weighted by atomic mass is 32.2. The molecule has 0 saturated carbocycles. The predicted molar refractivity (Wildman–Crippen MR) is 116 cm³/mol. The second-order valence-electron chi connectivity index (χ2n) is 7.88. The molecule has 1 aromatic rings. The summed E-state index contributed by atoms with van der Waals surface area (Å²) < 4.78 is 10.7. The van der Waals surface area contributed by atoms with E-state index in [0.717, 1.165) is 6.42 Å². The minimum Gasteiger partial charge on any atom is -0.466 e. The first-order valence-corrected chi connectivity index (χ1v) is 11.5. The number of nitrogens with zero attached hydrogens (tertiary/aromatic N) is 2. The molecule has 1 saturated heterocycles. The molecule has 1 heterocycles. The molecule has 6 nitrogen and oxygen atoms in total. The molecule has 2 rings (SSSR count). The third-order valence-electron chi connectivity index (χ3n) is 4.98. The molecule has 7 heteroatoms. The van der Waals surface area contributed by atoms with E-state index in [9.17, 15) is 9.59 Å². The van der Waals surface area contributed by atoms with Gasteiger partial charge in [-0.1, -0.05) is 12.1 Å². The van der Waals surface area contributed by atoms with Crippen LogP contribution in [0.1, 0.15) is 46.6 Å². The van der Waals surface area contributed by atoms with Crippen molar-refractivity contribution >= 4 is 23.8 Å². The Balaban J connectivity index is 2.29. The molecule has 0 N–H and O–H groups in total. The molecule has 162 valence electrons. The van der Waals surface area contributed by atoms with Crippen LogP contribution in [-0.2, 0) is 20.7 Å². The molecular weight excluding hydrogens is 388 g/mol. The summed E-state index contributed by atoms with van der Waals surface area (Å²) >= 11 is 1.71. The molecule has 1 amide bonds. The Hall–Kier alpha value is -1.73. The number of esters is 1. The number of carbonyl (C=O) groups excluding carboxylic acids is 2. The maximum atomic E-state index is 12.8. The molecule has 1 aliphatic rings. The number of rotatable bonds is 8. The molecule has 1 aliphatic heterocycles. The zero-order valence-electron chi connectivity index (χ0n) is 18.4. The summed E-state index contributed by atoms with van der Waals surface area (Å²) in [5.74, 6) is -0.237. The largest absolute Gasteiger partial charge is 0.466 e. The van der Waals surface area contributed by atoms with E-state index in [1.165, 1.54) is 10.5 Å². The second kappa shape index (κ2) is 10.9. The van der Waals surface area contributed by atoms with Gasteiger partial charge in [0.2, 0.25) is 0 Å². The van der Waals surface area contributed by atoms with Crippen molar-refractivity contribution in [1.29, 1.82) is 0 Å². The molecule has 1 fully saturated rings. The van der Waals surface area contributed by atoms with Crippen LogP contribution in [0.2, 0.25) is 0 Å². The first kappa shape index (κ1) is 23.5. The van der Waals surface area contributed by atoms with Crippen molar-refractivity contribution in [2.45, 2.75) is 70.5 Å². The minimum absolute atomic E-state index is 0.0132. The van der Waals surface area contributed by atoms with E-state index in [1.54, 1.807) is 16.8 Å². The van der Waals surface area contributed by atoms with Gasteiger partial charge in [0.15, 0.2) is 0 Å². The van der Waals surface area contributed by atoms with Crippen molar-refractivity contribution in [3.05, 3.63) is 29.8 Å². The molecule has 0 aliphatic carbocycles. The Morgan fingerprint density at radius 2 is 1.83 bits per heavy atom. The standard InChI is InChI=1S/C22H34N2O4S/c1-7-27-21(25)13-18-14-23(22(26)28-16(4)5)24(15(2)3)20(18)12-17-8-10-19(29-6)11-9-17/h8-11,15-16,18,20H,7,12-14H2,1-6H3/t18-,20+/m0/s1. The normalized spacial score (nSPS) is 19.8. The van der Waals surface area contributed by atoms with E-state index in [-0.39, 0.29) is 42.6 Å². The topological polar surface area (TPSA) is 59.1 Å². The Labute approximate surface area is 178 Å². The number of hydrogen-bond acceptors (Lipinski definition) is 6. The highest BCUT2D eigenvalue weighted by molar-refractivity contribution is 7.98. The fraction of sp³-hybridized carbons (Fsp3) is 0.636. The van der Waals surface area contributed by atoms with Gasteiger partial charge in [0.1, 0.15) is 0 Å². The van der Waals surface area contributed by atoms with E-state index in [2.05, 4.69) is 49.4 Å². The van der Waals surface area contributed by atoms with Crippen LogP contribution < -0.4 is 0 Å². The molecule has 29 heavy (non-hydrogen) atoms. The Morgan fingerprint density at radius 3 is 2.34 bits per heavy atom. The third kappa shape index (κ3) is 6.37. The molecule has 0 unspecified atom stereocenters. The summed E-state index contributed by atoms with van der Waals surface area (Å²) in [6.45, 7) is 10.4. The van der Waals surface area contributed by atoms with Gasteiger partial charge in [-0.05, 0) is 65.0 Å². The van der Waals surface area contributed by atoms with Gasteiger partial charge in [0.05, 0.1) is 19.1 Å². The molecule has 0 aromatic heterocycles. The van der Waals surface area contributed by atoms with Crippen LogP contribution in [0, 0.1) is 5.92 Å². The number of hydrazine groups is 1. The van der Waals surface area contributed by atoms with Crippen molar-refractivity contribution < 1.29 is 19.1 Å². The van der Waals surface area contributed by atoms with Gasteiger partial charge in [0.25, 0.3) is 0 Å². The van der Waals surface area contributed by atoms with Crippen LogP contribution in [0.25, 0.3) is 0 Å². The fourth-order valence-corrected chi connectivity index (χ4v) is 4.23. The van der Waals surface area contributed by atoms with E-state index < -0.39 is 0 Å². The zero-order chi connectivity index (χ0) is 21.6. The first-order valence-electron chi connectivity index (χ1n) is 10.3. The summed E-state index contributed by atoms with van der Waals surface area (Å²) in [5, 5.41) is 3.76. The van der Waals surface area contributed by atoms with E-state index in [4.69, 9.17) is 9.47 Å². The second-order valence-corrected chi connectivity index (χ2v) is 8.76. The summed E-state index contributed by atoms with van der Waals surface area (Å²) in [5.41, 5.74) is 1.19. The molecule has 0 radical (unpaired) electrons. The molecule has 0 bridgehead atoms. The molecule has 1 aromatic carbocycles. The summed E-state index contributed by atoms with van der Waals surface area (Å²) in [4.78, 5) is 26.2. The monoisotopic (exact) mass is 422 g/mol. The lowest BCUT2D eigenvalue weighted by Gasteiger charge is -2.35. The van der Waals surface area contributed by atoms with Gasteiger partial charge in [-0.15, -0.1) is 11.8 Å². The molecule has 2 atom stereocenters. The first-order chi connectivity index (χ1) is 13.8. The average molecular weight is 423 g/mol. The van der Waals surface area contributed by atoms with Crippen molar-refractivity contribution in [3.8, 4) is 0 Å². The van der Waals surface area contributed by atoms with E-state index in [0.29, 0.717) is 13.2 Å². The lowest BCUT2D eigenvalue weighted by molar-refractivity contribution is -0.144. The zero-order valence-corrected chi connectivity index (χ0v) is 19.2. The van der Waals surface area contributed by atoms with Gasteiger partial charge < -0.3 is 9.47 Å². The Bertz CT molecular complexity index is 678. The van der Waals surface area contributed by atoms with Gasteiger partial charge in [0, 0.05) is 29.4 Å². The van der Waals surface area contributed by atoms with Crippen LogP contribution in [0.5, 0.6) is 0 Å². The van der Waals surface area contributed by atoms with Gasteiger partial charge in [-0.3, -0.25) is 4.79 Å². The summed E-state index contributed by atoms with van der Waals surface area (Å²) in [7, 11) is 0. The highest BCUT2D eigenvalue weighted by Crippen LogP contribution is 2.33. The van der Waals surface area contributed by atoms with E-state index >= 15 is 0 Å². The van der Waals surface area contributed by atoms with Crippen molar-refractivity contribution in [3.63, 3.8) is 0 Å². The maximum Gasteiger partial charge on any atom is 0.424 e. The lowest BCUT2D eigenvalue weighted by Crippen LogP contribution is -2.50. The molecular formula is C22H34N2O4S. The van der Waals surface area contributed by atoms with Crippen LogP contribution in [0.4, 0.5) is 4.79 Å². The van der Waals surface area contributed by atoms with Crippen LogP contribution in [-0.4, -0.2) is 59.7 Å². The Kier molecular flexibility index (Phi) is 8.83. The van der Waals surface area contributed by atoms with Crippen molar-refractivity contribution in [1.82, 2.24) is 10.0 Å². The Morgan fingerprint density at radius 1 is 1.17 bits per heavy atom. The smallest absolute Gasteiger partial charge is 0.424 e. The maximum absolute atomic E-state index is 12.8. The number of hydrogen-bond donors (Lipinski definition) is 0. The predicted octanol–water partition coefficient (Wildman–Crippen LogP) is 4.38. The summed E-state index contributed by atoms with van der Waals surface area (Å²) in [6, 6.07) is 8.58. The van der Waals surface area contributed by atoms with Crippen LogP contribution >= 0.6 is 11.8 Å².